The molecule has 3 rings (SSSR count). The van der Waals surface area contributed by atoms with Crippen molar-refractivity contribution in [3.8, 4) is 0 Å². The fourth-order valence-electron chi connectivity index (χ4n) is 2.92. The number of nitrogens with zero attached hydrogens (tertiary/aromatic N) is 4. The first-order valence-corrected chi connectivity index (χ1v) is 8.24. The van der Waals surface area contributed by atoms with Gasteiger partial charge in [-0.1, -0.05) is 6.92 Å². The van der Waals surface area contributed by atoms with Crippen molar-refractivity contribution < 1.29 is 4.79 Å². The van der Waals surface area contributed by atoms with E-state index in [1.165, 1.54) is 11.3 Å². The molecule has 0 saturated heterocycles. The van der Waals surface area contributed by atoms with Gasteiger partial charge >= 0.3 is 0 Å². The van der Waals surface area contributed by atoms with Gasteiger partial charge in [0.25, 0.3) is 5.91 Å². The number of aromatic nitrogens is 3. The minimum atomic E-state index is 0.103. The molecule has 1 amide bonds. The van der Waals surface area contributed by atoms with Gasteiger partial charge in [0.2, 0.25) is 0 Å². The lowest BCUT2D eigenvalue weighted by Gasteiger charge is -2.28. The lowest BCUT2D eigenvalue weighted by Crippen LogP contribution is -2.35. The lowest BCUT2D eigenvalue weighted by atomic mass is 9.99. The topological polar surface area (TPSA) is 51.0 Å². The van der Waals surface area contributed by atoms with Crippen LogP contribution in [0.2, 0.25) is 0 Å². The molecule has 2 aromatic heterocycles. The Kier molecular flexibility index (Phi) is 4.05. The molecule has 3 heterocycles. The maximum atomic E-state index is 12.5. The van der Waals surface area contributed by atoms with Crippen LogP contribution in [-0.2, 0) is 19.4 Å². The molecule has 0 bridgehead atoms. The van der Waals surface area contributed by atoms with Crippen molar-refractivity contribution in [2.75, 3.05) is 13.6 Å². The van der Waals surface area contributed by atoms with Crippen LogP contribution in [0.15, 0.2) is 17.9 Å². The molecule has 1 aliphatic heterocycles. The van der Waals surface area contributed by atoms with Crippen LogP contribution in [0.3, 0.4) is 0 Å². The Balaban J connectivity index is 1.64. The van der Waals surface area contributed by atoms with E-state index in [0.29, 0.717) is 5.92 Å². The van der Waals surface area contributed by atoms with Crippen molar-refractivity contribution in [2.24, 2.45) is 5.92 Å². The molecule has 6 heteroatoms. The van der Waals surface area contributed by atoms with Crippen molar-refractivity contribution in [1.29, 1.82) is 0 Å². The number of fused-ring (bicyclic) bond motifs is 1. The monoisotopic (exact) mass is 304 g/mol. The molecule has 21 heavy (non-hydrogen) atoms. The van der Waals surface area contributed by atoms with E-state index in [4.69, 9.17) is 0 Å². The highest BCUT2D eigenvalue weighted by atomic mass is 32.1. The van der Waals surface area contributed by atoms with Crippen LogP contribution in [0.1, 0.15) is 34.5 Å². The molecule has 0 fully saturated rings. The van der Waals surface area contributed by atoms with Gasteiger partial charge in [-0.3, -0.25) is 4.79 Å². The van der Waals surface area contributed by atoms with Crippen LogP contribution in [-0.4, -0.2) is 38.9 Å². The molecule has 1 aliphatic rings. The zero-order valence-electron chi connectivity index (χ0n) is 12.5. The number of thiazole rings is 1. The molecule has 1 unspecified atom stereocenters. The molecule has 112 valence electrons. The minimum Gasteiger partial charge on any atom is -0.341 e. The van der Waals surface area contributed by atoms with Gasteiger partial charge in [-0.25, -0.2) is 9.97 Å². The summed E-state index contributed by atoms with van der Waals surface area (Å²) in [6.45, 7) is 3.78. The predicted octanol–water partition coefficient (Wildman–Crippen LogP) is 2.24. The number of hydrogen-bond donors (Lipinski definition) is 0. The molecule has 0 aromatic carbocycles. The van der Waals surface area contributed by atoms with Crippen LogP contribution in [0, 0.1) is 5.92 Å². The van der Waals surface area contributed by atoms with Crippen molar-refractivity contribution in [3.63, 3.8) is 0 Å². The summed E-state index contributed by atoms with van der Waals surface area (Å²) in [7, 11) is 1.89. The first-order valence-electron chi connectivity index (χ1n) is 7.36. The molecule has 0 saturated carbocycles. The summed E-state index contributed by atoms with van der Waals surface area (Å²) in [6.07, 6.45) is 6.79. The second-order valence-corrected chi connectivity index (χ2v) is 6.42. The highest BCUT2D eigenvalue weighted by Gasteiger charge is 2.24. The minimum absolute atomic E-state index is 0.103. The number of rotatable bonds is 4. The number of hydrogen-bond acceptors (Lipinski definition) is 4. The Morgan fingerprint density at radius 2 is 2.38 bits per heavy atom. The van der Waals surface area contributed by atoms with Gasteiger partial charge in [0.05, 0.1) is 11.2 Å². The second-order valence-electron chi connectivity index (χ2n) is 5.57. The van der Waals surface area contributed by atoms with Gasteiger partial charge in [-0.05, 0) is 18.8 Å². The molecule has 0 radical (unpaired) electrons. The average Bonchev–Trinajstić information content (AvgIpc) is 3.14. The smallest absolute Gasteiger partial charge is 0.265 e. The second kappa shape index (κ2) is 5.97. The van der Waals surface area contributed by atoms with E-state index in [1.807, 2.05) is 31.3 Å². The maximum absolute atomic E-state index is 12.5. The lowest BCUT2D eigenvalue weighted by molar-refractivity contribution is 0.0764. The van der Waals surface area contributed by atoms with Gasteiger partial charge in [-0.2, -0.15) is 0 Å². The van der Waals surface area contributed by atoms with Crippen molar-refractivity contribution >= 4 is 17.2 Å². The Bertz CT molecular complexity index is 633. The van der Waals surface area contributed by atoms with Gasteiger partial charge in [0.15, 0.2) is 0 Å². The third-order valence-electron chi connectivity index (χ3n) is 4.08. The molecule has 0 spiro atoms. The average molecular weight is 304 g/mol. The summed E-state index contributed by atoms with van der Waals surface area (Å²) in [5, 5.41) is 0. The Labute approximate surface area is 128 Å². The molecule has 2 aromatic rings. The zero-order chi connectivity index (χ0) is 14.8. The molecular formula is C15H20N4OS. The van der Waals surface area contributed by atoms with Gasteiger partial charge in [0, 0.05) is 39.0 Å². The number of carbonyl (C=O) groups excluding carboxylic acids is 1. The number of amides is 1. The van der Waals surface area contributed by atoms with E-state index in [1.54, 1.807) is 5.51 Å². The summed E-state index contributed by atoms with van der Waals surface area (Å²) < 4.78 is 2.21. The molecule has 0 aliphatic carbocycles. The normalized spacial score (nSPS) is 17.5. The SMILES string of the molecule is CCc1ncsc1C(=O)N(C)CC1CCc2nccn2C1. The first kappa shape index (κ1) is 14.3. The predicted molar refractivity (Wildman–Crippen MR) is 82.5 cm³/mol. The van der Waals surface area contributed by atoms with E-state index in [-0.39, 0.29) is 5.91 Å². The zero-order valence-corrected chi connectivity index (χ0v) is 13.3. The van der Waals surface area contributed by atoms with E-state index in [2.05, 4.69) is 14.5 Å². The Morgan fingerprint density at radius 1 is 1.52 bits per heavy atom. The van der Waals surface area contributed by atoms with Gasteiger partial charge in [-0.15, -0.1) is 11.3 Å². The van der Waals surface area contributed by atoms with Crippen LogP contribution < -0.4 is 0 Å². The Hall–Kier alpha value is -1.69. The highest BCUT2D eigenvalue weighted by molar-refractivity contribution is 7.11. The molecule has 5 nitrogen and oxygen atoms in total. The summed E-state index contributed by atoms with van der Waals surface area (Å²) in [6, 6.07) is 0. The first-order chi connectivity index (χ1) is 10.2. The van der Waals surface area contributed by atoms with Crippen LogP contribution in [0.4, 0.5) is 0 Å². The van der Waals surface area contributed by atoms with E-state index in [0.717, 1.165) is 48.7 Å². The van der Waals surface area contributed by atoms with Crippen LogP contribution in [0.25, 0.3) is 0 Å². The molecule has 0 N–H and O–H groups in total. The highest BCUT2D eigenvalue weighted by Crippen LogP contribution is 2.21. The number of imidazole rings is 1. The molecule has 1 atom stereocenters. The number of aryl methyl sites for hydroxylation is 2. The van der Waals surface area contributed by atoms with E-state index < -0.39 is 0 Å². The van der Waals surface area contributed by atoms with Gasteiger partial charge in [0.1, 0.15) is 10.7 Å². The molecular weight excluding hydrogens is 284 g/mol. The fraction of sp³-hybridized carbons (Fsp3) is 0.533. The summed E-state index contributed by atoms with van der Waals surface area (Å²) >= 11 is 1.45. The number of carbonyl (C=O) groups is 1. The largest absolute Gasteiger partial charge is 0.341 e. The summed E-state index contributed by atoms with van der Waals surface area (Å²) in [5.41, 5.74) is 2.68. The van der Waals surface area contributed by atoms with E-state index in [9.17, 15) is 4.79 Å². The van der Waals surface area contributed by atoms with Crippen LogP contribution >= 0.6 is 11.3 Å². The maximum Gasteiger partial charge on any atom is 0.265 e. The van der Waals surface area contributed by atoms with Crippen molar-refractivity contribution in [2.45, 2.75) is 32.7 Å². The van der Waals surface area contributed by atoms with Crippen molar-refractivity contribution in [1.82, 2.24) is 19.4 Å². The third-order valence-corrected chi connectivity index (χ3v) is 4.94. The third kappa shape index (κ3) is 2.85. The summed E-state index contributed by atoms with van der Waals surface area (Å²) in [5.74, 6) is 1.76. The summed E-state index contributed by atoms with van der Waals surface area (Å²) in [4.78, 5) is 23.8. The Morgan fingerprint density at radius 3 is 3.19 bits per heavy atom. The quantitative estimate of drug-likeness (QED) is 0.870. The van der Waals surface area contributed by atoms with E-state index >= 15 is 0 Å². The standard InChI is InChI=1S/C15H20N4OS/c1-3-12-14(21-10-17-12)15(20)18(2)8-11-4-5-13-16-6-7-19(13)9-11/h6-7,10-11H,3-5,8-9H2,1-2H3. The van der Waals surface area contributed by atoms with Gasteiger partial charge < -0.3 is 9.47 Å². The fourth-order valence-corrected chi connectivity index (χ4v) is 3.80. The van der Waals surface area contributed by atoms with Crippen LogP contribution in [0.5, 0.6) is 0 Å². The van der Waals surface area contributed by atoms with Crippen molar-refractivity contribution in [3.05, 3.63) is 34.3 Å².